The van der Waals surface area contributed by atoms with E-state index in [9.17, 15) is 0 Å². The Kier molecular flexibility index (Phi) is 5.37. The van der Waals surface area contributed by atoms with E-state index in [-0.39, 0.29) is 6.92 Å². The third-order valence-corrected chi connectivity index (χ3v) is 9.50. The second-order valence-corrected chi connectivity index (χ2v) is 12.0. The first-order valence-corrected chi connectivity index (χ1v) is 15.7. The van der Waals surface area contributed by atoms with Gasteiger partial charge in [-0.3, -0.25) is 0 Å². The molecule has 0 bridgehead atoms. The summed E-state index contributed by atoms with van der Waals surface area (Å²) in [6.07, 6.45) is 0. The van der Waals surface area contributed by atoms with Gasteiger partial charge in [-0.1, -0.05) is 115 Å². The van der Waals surface area contributed by atoms with Crippen LogP contribution in [0.2, 0.25) is 0 Å². The number of nitrogens with zero attached hydrogens (tertiary/aromatic N) is 1. The zero-order valence-electron chi connectivity index (χ0n) is 24.9. The van der Waals surface area contributed by atoms with Gasteiger partial charge < -0.3 is 14.0 Å². The number of rotatable bonds is 3. The monoisotopic (exact) mass is 587 g/mol. The first-order chi connectivity index (χ1) is 22.8. The molecule has 0 unspecified atom stereocenters. The molecule has 2 aliphatic heterocycles. The van der Waals surface area contributed by atoms with Crippen LogP contribution in [0.15, 0.2) is 158 Å². The molecule has 0 amide bonds. The summed E-state index contributed by atoms with van der Waals surface area (Å²) < 4.78 is 15.9. The molecule has 0 radical (unpaired) electrons. The normalized spacial score (nSPS) is 12.7. The van der Waals surface area contributed by atoms with Gasteiger partial charge in [-0.2, -0.15) is 0 Å². The lowest BCUT2D eigenvalue weighted by Crippen LogP contribution is -2.53. The van der Waals surface area contributed by atoms with E-state index >= 15 is 0 Å². The van der Waals surface area contributed by atoms with Crippen LogP contribution in [0.25, 0.3) is 60.9 Å². The maximum atomic E-state index is 6.80. The minimum absolute atomic E-state index is 0.244. The topological polar surface area (TPSA) is 23.4 Å². The maximum absolute atomic E-state index is 6.80. The molecule has 7 aromatic carbocycles. The molecule has 3 heterocycles. The highest BCUT2D eigenvalue weighted by Gasteiger charge is 2.40. The van der Waals surface area contributed by atoms with E-state index in [4.69, 9.17) is 9.39 Å². The summed E-state index contributed by atoms with van der Waals surface area (Å²) in [6.45, 7) is -0.244. The fourth-order valence-electron chi connectivity index (χ4n) is 7.42. The molecule has 3 nitrogen and oxygen atoms in total. The number of aromatic nitrogens is 1. The van der Waals surface area contributed by atoms with Crippen LogP contribution in [0.5, 0.6) is 17.2 Å². The van der Waals surface area contributed by atoms with Crippen molar-refractivity contribution in [1.82, 2.24) is 4.57 Å². The molecule has 0 N–H and O–H groups in total. The highest BCUT2D eigenvalue weighted by atomic mass is 16.5. The van der Waals surface area contributed by atoms with Crippen molar-refractivity contribution in [2.75, 3.05) is 0 Å². The number of hydrogen-bond donors (Lipinski definition) is 0. The van der Waals surface area contributed by atoms with Gasteiger partial charge in [0, 0.05) is 32.8 Å². The molecule has 0 saturated heterocycles. The summed E-state index contributed by atoms with van der Waals surface area (Å²) in [5.74, 6) is 2.56. The van der Waals surface area contributed by atoms with Crippen molar-refractivity contribution in [2.45, 2.75) is 0 Å². The summed E-state index contributed by atoms with van der Waals surface area (Å²) in [4.78, 5) is 0. The zero-order chi connectivity index (χ0) is 30.2. The SMILES string of the molecule is c1ccc(-c2ccc3c(c2)-c2cccc4c2B(O3)c2ccc(-c3ccccc3-n3c5ccccc5c5ccccc53)cc2O4)cc1. The van der Waals surface area contributed by atoms with Gasteiger partial charge in [0.1, 0.15) is 17.2 Å². The van der Waals surface area contributed by atoms with Gasteiger partial charge in [0.25, 0.3) is 0 Å². The molecule has 46 heavy (non-hydrogen) atoms. The molecule has 0 atom stereocenters. The fourth-order valence-corrected chi connectivity index (χ4v) is 7.42. The van der Waals surface area contributed by atoms with Gasteiger partial charge in [-0.25, -0.2) is 0 Å². The standard InChI is InChI=1S/C42H26BNO2/c1-2-11-27(12-3-1)28-22-24-39-34(25-28)33-16-10-20-40-42(33)43(46-39)35-23-21-29(26-41(35)45-40)30-13-4-7-17-36(30)44-37-18-8-5-14-31(37)32-15-6-9-19-38(32)44/h1-26H. The van der Waals surface area contributed by atoms with E-state index in [2.05, 4.69) is 156 Å². The lowest BCUT2D eigenvalue weighted by atomic mass is 9.51. The van der Waals surface area contributed by atoms with Crippen LogP contribution in [0.1, 0.15) is 0 Å². The van der Waals surface area contributed by atoms with Crippen LogP contribution in [-0.4, -0.2) is 11.5 Å². The van der Waals surface area contributed by atoms with Crippen molar-refractivity contribution < 1.29 is 9.39 Å². The first kappa shape index (κ1) is 25.3. The Morgan fingerprint density at radius 2 is 1.13 bits per heavy atom. The highest BCUT2D eigenvalue weighted by Crippen LogP contribution is 2.42. The second kappa shape index (κ2) is 9.75. The Bertz CT molecular complexity index is 2440. The number of fused-ring (bicyclic) bond motifs is 7. The molecule has 0 fully saturated rings. The van der Waals surface area contributed by atoms with Gasteiger partial charge in [0.2, 0.25) is 0 Å². The average Bonchev–Trinajstić information content (AvgIpc) is 3.46. The lowest BCUT2D eigenvalue weighted by molar-refractivity contribution is 0.479. The molecule has 10 rings (SSSR count). The molecule has 2 aliphatic rings. The third kappa shape index (κ3) is 3.67. The van der Waals surface area contributed by atoms with Crippen molar-refractivity contribution in [3.63, 3.8) is 0 Å². The van der Waals surface area contributed by atoms with Gasteiger partial charge in [0.05, 0.1) is 16.7 Å². The summed E-state index contributed by atoms with van der Waals surface area (Å²) in [7, 11) is 0. The Morgan fingerprint density at radius 1 is 0.435 bits per heavy atom. The Morgan fingerprint density at radius 3 is 1.96 bits per heavy atom. The van der Waals surface area contributed by atoms with Crippen molar-refractivity contribution in [3.8, 4) is 56.3 Å². The van der Waals surface area contributed by atoms with Crippen LogP contribution >= 0.6 is 0 Å². The highest BCUT2D eigenvalue weighted by molar-refractivity contribution is 6.84. The predicted molar refractivity (Wildman–Crippen MR) is 189 cm³/mol. The number of hydrogen-bond acceptors (Lipinski definition) is 2. The fraction of sp³-hybridized carbons (Fsp3) is 0. The van der Waals surface area contributed by atoms with Crippen LogP contribution in [0.3, 0.4) is 0 Å². The largest absolute Gasteiger partial charge is 0.551 e. The van der Waals surface area contributed by atoms with Gasteiger partial charge in [-0.15, -0.1) is 0 Å². The average molecular weight is 587 g/mol. The van der Waals surface area contributed by atoms with E-state index < -0.39 is 0 Å². The molecule has 4 heteroatoms. The molecule has 0 aliphatic carbocycles. The van der Waals surface area contributed by atoms with E-state index in [1.54, 1.807) is 0 Å². The Labute approximate surface area is 267 Å². The van der Waals surface area contributed by atoms with E-state index in [1.165, 1.54) is 32.9 Å². The van der Waals surface area contributed by atoms with Crippen molar-refractivity contribution >= 4 is 39.6 Å². The summed E-state index contributed by atoms with van der Waals surface area (Å²) in [6, 6.07) is 55.8. The number of ether oxygens (including phenoxy) is 1. The summed E-state index contributed by atoms with van der Waals surface area (Å²) >= 11 is 0. The van der Waals surface area contributed by atoms with Crippen molar-refractivity contribution in [1.29, 1.82) is 0 Å². The third-order valence-electron chi connectivity index (χ3n) is 9.50. The molecule has 1 aromatic heterocycles. The minimum atomic E-state index is -0.244. The van der Waals surface area contributed by atoms with Crippen molar-refractivity contribution in [3.05, 3.63) is 158 Å². The van der Waals surface area contributed by atoms with Gasteiger partial charge in [-0.05, 0) is 64.7 Å². The van der Waals surface area contributed by atoms with Gasteiger partial charge >= 0.3 is 6.92 Å². The minimum Gasteiger partial charge on any atom is -0.551 e. The van der Waals surface area contributed by atoms with Crippen LogP contribution < -0.4 is 20.3 Å². The lowest BCUT2D eigenvalue weighted by Gasteiger charge is -2.33. The van der Waals surface area contributed by atoms with Crippen molar-refractivity contribution in [2.24, 2.45) is 0 Å². The smallest absolute Gasteiger partial charge is 0.434 e. The zero-order valence-corrected chi connectivity index (χ0v) is 24.9. The van der Waals surface area contributed by atoms with E-state index in [1.807, 2.05) is 6.07 Å². The molecule has 0 spiro atoms. The molecule has 8 aromatic rings. The van der Waals surface area contributed by atoms with Gasteiger partial charge in [0.15, 0.2) is 0 Å². The van der Waals surface area contributed by atoms with Crippen LogP contribution in [0, 0.1) is 0 Å². The molecule has 214 valence electrons. The predicted octanol–water partition coefficient (Wildman–Crippen LogP) is 9.39. The second-order valence-electron chi connectivity index (χ2n) is 12.0. The quantitative estimate of drug-likeness (QED) is 0.192. The molecular weight excluding hydrogens is 561 g/mol. The van der Waals surface area contributed by atoms with Crippen LogP contribution in [-0.2, 0) is 0 Å². The molecular formula is C42H26BNO2. The van der Waals surface area contributed by atoms with E-state index in [0.717, 1.165) is 56.1 Å². The molecule has 0 saturated carbocycles. The first-order valence-electron chi connectivity index (χ1n) is 15.7. The van der Waals surface area contributed by atoms with E-state index in [0.29, 0.717) is 0 Å². The Balaban J connectivity index is 1.10. The number of para-hydroxylation sites is 3. The van der Waals surface area contributed by atoms with Crippen LogP contribution in [0.4, 0.5) is 0 Å². The maximum Gasteiger partial charge on any atom is 0.434 e. The summed E-state index contributed by atoms with van der Waals surface area (Å²) in [5.41, 5.74) is 12.5. The summed E-state index contributed by atoms with van der Waals surface area (Å²) in [5, 5.41) is 2.50. The number of benzene rings is 7. The Hall–Kier alpha value is -6.00.